The Labute approximate surface area is 228 Å². The lowest BCUT2D eigenvalue weighted by Gasteiger charge is -2.31. The fourth-order valence-electron chi connectivity index (χ4n) is 5.67. The van der Waals surface area contributed by atoms with Gasteiger partial charge in [-0.3, -0.25) is 9.36 Å². The van der Waals surface area contributed by atoms with Gasteiger partial charge in [0.1, 0.15) is 5.41 Å². The SMILES string of the molecule is CCCCOP(=O)(CCCCC1(C(=O)NCC2CCCO2)c2ccccc2-c2ccccc21)OCCCC. The summed E-state index contributed by atoms with van der Waals surface area (Å²) < 4.78 is 30.9. The molecule has 1 amide bonds. The van der Waals surface area contributed by atoms with Crippen LogP contribution in [-0.4, -0.2) is 44.5 Å². The molecule has 208 valence electrons. The predicted octanol–water partition coefficient (Wildman–Crippen LogP) is 7.25. The predicted molar refractivity (Wildman–Crippen MR) is 153 cm³/mol. The van der Waals surface area contributed by atoms with E-state index in [0.717, 1.165) is 73.8 Å². The van der Waals surface area contributed by atoms with E-state index in [0.29, 0.717) is 38.8 Å². The van der Waals surface area contributed by atoms with E-state index in [1.165, 1.54) is 0 Å². The van der Waals surface area contributed by atoms with Crippen LogP contribution < -0.4 is 5.32 Å². The summed E-state index contributed by atoms with van der Waals surface area (Å²) in [7, 11) is -3.16. The van der Waals surface area contributed by atoms with Crippen LogP contribution in [0.15, 0.2) is 48.5 Å². The Balaban J connectivity index is 1.52. The quantitative estimate of drug-likeness (QED) is 0.179. The first kappa shape index (κ1) is 29.0. The average molecular weight is 542 g/mol. The molecule has 1 fully saturated rings. The standard InChI is InChI=1S/C31H44NO5P/c1-3-5-21-36-38(34,37-22-6-4-2)23-12-11-19-31(30(33)32-24-25-14-13-20-35-25)28-17-9-7-15-26(28)27-16-8-10-18-29(27)31/h7-10,15-18,25H,3-6,11-14,19-24H2,1-2H3,(H,32,33). The smallest absolute Gasteiger partial charge is 0.330 e. The summed E-state index contributed by atoms with van der Waals surface area (Å²) in [5, 5.41) is 3.25. The summed E-state index contributed by atoms with van der Waals surface area (Å²) in [6.07, 6.45) is 8.19. The Morgan fingerprint density at radius 3 is 2.11 bits per heavy atom. The highest BCUT2D eigenvalue weighted by Crippen LogP contribution is 2.53. The van der Waals surface area contributed by atoms with Crippen LogP contribution in [0.2, 0.25) is 0 Å². The Kier molecular flexibility index (Phi) is 10.6. The number of fused-ring (bicyclic) bond motifs is 3. The second-order valence-corrected chi connectivity index (χ2v) is 12.7. The molecule has 1 aliphatic heterocycles. The number of hydrogen-bond donors (Lipinski definition) is 1. The molecule has 6 nitrogen and oxygen atoms in total. The van der Waals surface area contributed by atoms with Gasteiger partial charge in [0.15, 0.2) is 0 Å². The van der Waals surface area contributed by atoms with E-state index >= 15 is 0 Å². The average Bonchev–Trinajstić information content (AvgIpc) is 3.56. The van der Waals surface area contributed by atoms with Crippen molar-refractivity contribution in [1.29, 1.82) is 0 Å². The van der Waals surface area contributed by atoms with E-state index in [1.807, 2.05) is 24.3 Å². The van der Waals surface area contributed by atoms with Crippen LogP contribution in [0.3, 0.4) is 0 Å². The van der Waals surface area contributed by atoms with Crippen LogP contribution >= 0.6 is 7.60 Å². The third-order valence-electron chi connectivity index (χ3n) is 7.77. The lowest BCUT2D eigenvalue weighted by molar-refractivity contribution is -0.126. The normalized spacial score (nSPS) is 17.8. The minimum atomic E-state index is -3.16. The second kappa shape index (κ2) is 13.9. The molecule has 1 saturated heterocycles. The molecule has 1 atom stereocenters. The lowest BCUT2D eigenvalue weighted by atomic mass is 9.73. The molecule has 7 heteroatoms. The molecule has 0 spiro atoms. The number of nitrogens with one attached hydrogen (secondary N) is 1. The Morgan fingerprint density at radius 1 is 0.947 bits per heavy atom. The van der Waals surface area contributed by atoms with E-state index < -0.39 is 13.0 Å². The minimum Gasteiger partial charge on any atom is -0.376 e. The van der Waals surface area contributed by atoms with Crippen molar-refractivity contribution in [3.8, 4) is 11.1 Å². The van der Waals surface area contributed by atoms with Gasteiger partial charge in [0.2, 0.25) is 5.91 Å². The number of carbonyl (C=O) groups is 1. The number of unbranched alkanes of at least 4 members (excludes halogenated alkanes) is 3. The number of ether oxygens (including phenoxy) is 1. The van der Waals surface area contributed by atoms with Crippen molar-refractivity contribution >= 4 is 13.5 Å². The van der Waals surface area contributed by atoms with Crippen LogP contribution in [0.4, 0.5) is 0 Å². The molecule has 1 unspecified atom stereocenters. The first-order valence-corrected chi connectivity index (χ1v) is 16.2. The van der Waals surface area contributed by atoms with Gasteiger partial charge >= 0.3 is 7.60 Å². The summed E-state index contributed by atoms with van der Waals surface area (Å²) in [5.74, 6) is 0.0203. The van der Waals surface area contributed by atoms with Crippen LogP contribution in [0.25, 0.3) is 11.1 Å². The van der Waals surface area contributed by atoms with Gasteiger partial charge in [-0.1, -0.05) is 81.6 Å². The molecular weight excluding hydrogens is 497 g/mol. The fourth-order valence-corrected chi connectivity index (χ4v) is 7.43. The molecule has 1 heterocycles. The molecule has 1 N–H and O–H groups in total. The fraction of sp³-hybridized carbons (Fsp3) is 0.581. The highest BCUT2D eigenvalue weighted by atomic mass is 31.2. The van der Waals surface area contributed by atoms with Gasteiger partial charge < -0.3 is 19.1 Å². The number of benzene rings is 2. The summed E-state index contributed by atoms with van der Waals surface area (Å²) in [5.41, 5.74) is 3.54. The van der Waals surface area contributed by atoms with Crippen molar-refractivity contribution in [2.75, 3.05) is 32.5 Å². The summed E-state index contributed by atoms with van der Waals surface area (Å²) in [6, 6.07) is 16.5. The summed E-state index contributed by atoms with van der Waals surface area (Å²) in [6.45, 7) is 6.38. The highest BCUT2D eigenvalue weighted by molar-refractivity contribution is 7.53. The molecule has 0 aromatic heterocycles. The Bertz CT molecular complexity index is 1040. The zero-order valence-electron chi connectivity index (χ0n) is 23.1. The Morgan fingerprint density at radius 2 is 1.55 bits per heavy atom. The van der Waals surface area contributed by atoms with Gasteiger partial charge in [0, 0.05) is 13.2 Å². The van der Waals surface area contributed by atoms with Crippen LogP contribution in [-0.2, 0) is 28.6 Å². The maximum atomic E-state index is 14.1. The second-order valence-electron chi connectivity index (χ2n) is 10.5. The van der Waals surface area contributed by atoms with E-state index in [1.54, 1.807) is 0 Å². The van der Waals surface area contributed by atoms with Gasteiger partial charge in [-0.05, 0) is 60.8 Å². The van der Waals surface area contributed by atoms with Crippen molar-refractivity contribution in [3.05, 3.63) is 59.7 Å². The van der Waals surface area contributed by atoms with Crippen molar-refractivity contribution in [1.82, 2.24) is 5.32 Å². The van der Waals surface area contributed by atoms with Crippen molar-refractivity contribution < 1.29 is 23.1 Å². The highest BCUT2D eigenvalue weighted by Gasteiger charge is 2.48. The van der Waals surface area contributed by atoms with E-state index in [2.05, 4.69) is 43.4 Å². The topological polar surface area (TPSA) is 73.9 Å². The van der Waals surface area contributed by atoms with Crippen molar-refractivity contribution in [3.63, 3.8) is 0 Å². The zero-order chi connectivity index (χ0) is 26.8. The van der Waals surface area contributed by atoms with E-state index in [4.69, 9.17) is 13.8 Å². The van der Waals surface area contributed by atoms with Crippen LogP contribution in [0, 0.1) is 0 Å². The van der Waals surface area contributed by atoms with Gasteiger partial charge in [0.05, 0.1) is 25.5 Å². The zero-order valence-corrected chi connectivity index (χ0v) is 24.0. The Hall–Kier alpha value is -1.98. The molecule has 4 rings (SSSR count). The third-order valence-corrected chi connectivity index (χ3v) is 9.79. The number of amides is 1. The largest absolute Gasteiger partial charge is 0.376 e. The maximum absolute atomic E-state index is 14.1. The first-order chi connectivity index (χ1) is 18.5. The van der Waals surface area contributed by atoms with E-state index in [9.17, 15) is 9.36 Å². The third kappa shape index (κ3) is 6.59. The molecular formula is C31H44NO5P. The van der Waals surface area contributed by atoms with Crippen molar-refractivity contribution in [2.45, 2.75) is 83.2 Å². The molecule has 1 aliphatic carbocycles. The summed E-state index contributed by atoms with van der Waals surface area (Å²) in [4.78, 5) is 14.1. The molecule has 2 aromatic carbocycles. The van der Waals surface area contributed by atoms with E-state index in [-0.39, 0.29) is 12.0 Å². The lowest BCUT2D eigenvalue weighted by Crippen LogP contribution is -2.46. The van der Waals surface area contributed by atoms with Crippen molar-refractivity contribution in [2.24, 2.45) is 0 Å². The number of carbonyl (C=O) groups excluding carboxylic acids is 1. The minimum absolute atomic E-state index is 0.0203. The molecule has 0 bridgehead atoms. The summed E-state index contributed by atoms with van der Waals surface area (Å²) >= 11 is 0. The van der Waals surface area contributed by atoms with Gasteiger partial charge in [-0.2, -0.15) is 0 Å². The number of rotatable bonds is 16. The van der Waals surface area contributed by atoms with Gasteiger partial charge in [-0.15, -0.1) is 0 Å². The molecule has 0 saturated carbocycles. The molecule has 38 heavy (non-hydrogen) atoms. The maximum Gasteiger partial charge on any atom is 0.330 e. The molecule has 2 aromatic rings. The van der Waals surface area contributed by atoms with Crippen LogP contribution in [0.5, 0.6) is 0 Å². The van der Waals surface area contributed by atoms with Gasteiger partial charge in [-0.25, -0.2) is 0 Å². The van der Waals surface area contributed by atoms with Crippen LogP contribution in [0.1, 0.15) is 82.8 Å². The first-order valence-electron chi connectivity index (χ1n) is 14.5. The molecule has 0 radical (unpaired) electrons. The van der Waals surface area contributed by atoms with Gasteiger partial charge in [0.25, 0.3) is 0 Å². The monoisotopic (exact) mass is 541 g/mol. The molecule has 2 aliphatic rings. The number of hydrogen-bond acceptors (Lipinski definition) is 5.